The van der Waals surface area contributed by atoms with Gasteiger partial charge in [-0.2, -0.15) is 0 Å². The third-order valence-corrected chi connectivity index (χ3v) is 5.79. The standard InChI is InChI=1S/C23H24N2O2S/c1-16-13-19-14-17(7-9-21(19)27-16)8-10-22(26)24-12-11-23-25-20(15-28-23)18-5-3-2-4-6-18/h2-7,9,14-16H,8,10-13H2,1H3,(H,24,26)/t16-/m1/s1. The first-order valence-corrected chi connectivity index (χ1v) is 10.6. The highest BCUT2D eigenvalue weighted by Gasteiger charge is 2.18. The van der Waals surface area contributed by atoms with Gasteiger partial charge >= 0.3 is 0 Å². The maximum atomic E-state index is 12.2. The molecule has 2 heterocycles. The van der Waals surface area contributed by atoms with E-state index in [2.05, 4.69) is 46.9 Å². The second-order valence-corrected chi connectivity index (χ2v) is 8.11. The van der Waals surface area contributed by atoms with Gasteiger partial charge in [0.1, 0.15) is 11.9 Å². The lowest BCUT2D eigenvalue weighted by Gasteiger charge is -2.06. The molecule has 144 valence electrons. The summed E-state index contributed by atoms with van der Waals surface area (Å²) in [5.41, 5.74) is 4.58. The van der Waals surface area contributed by atoms with Gasteiger partial charge in [-0.1, -0.05) is 42.5 Å². The van der Waals surface area contributed by atoms with Crippen LogP contribution in [0.3, 0.4) is 0 Å². The topological polar surface area (TPSA) is 51.2 Å². The first kappa shape index (κ1) is 18.7. The quantitative estimate of drug-likeness (QED) is 0.647. The minimum Gasteiger partial charge on any atom is -0.490 e. The molecule has 0 radical (unpaired) electrons. The summed E-state index contributed by atoms with van der Waals surface area (Å²) in [6.45, 7) is 2.70. The van der Waals surface area contributed by atoms with Gasteiger partial charge in [0.2, 0.25) is 5.91 Å². The third kappa shape index (κ3) is 4.60. The molecule has 0 saturated carbocycles. The number of fused-ring (bicyclic) bond motifs is 1. The molecule has 4 rings (SSSR count). The van der Waals surface area contributed by atoms with Gasteiger partial charge in [-0.15, -0.1) is 11.3 Å². The van der Waals surface area contributed by atoms with Crippen molar-refractivity contribution < 1.29 is 9.53 Å². The van der Waals surface area contributed by atoms with E-state index < -0.39 is 0 Å². The van der Waals surface area contributed by atoms with Crippen molar-refractivity contribution in [2.45, 2.75) is 38.7 Å². The maximum Gasteiger partial charge on any atom is 0.220 e. The predicted octanol–water partition coefficient (Wildman–Crippen LogP) is 4.43. The fourth-order valence-electron chi connectivity index (χ4n) is 3.45. The first-order valence-electron chi connectivity index (χ1n) is 9.72. The number of aromatic nitrogens is 1. The van der Waals surface area contributed by atoms with Crippen LogP contribution in [0.25, 0.3) is 11.3 Å². The van der Waals surface area contributed by atoms with Crippen LogP contribution < -0.4 is 10.1 Å². The molecular formula is C23H24N2O2S. The fraction of sp³-hybridized carbons (Fsp3) is 0.304. The Hall–Kier alpha value is -2.66. The van der Waals surface area contributed by atoms with Crippen LogP contribution in [0.15, 0.2) is 53.9 Å². The number of nitrogens with zero attached hydrogens (tertiary/aromatic N) is 1. The summed E-state index contributed by atoms with van der Waals surface area (Å²) < 4.78 is 5.73. The summed E-state index contributed by atoms with van der Waals surface area (Å²) in [6.07, 6.45) is 3.22. The Morgan fingerprint density at radius 1 is 1.21 bits per heavy atom. The Labute approximate surface area is 169 Å². The maximum absolute atomic E-state index is 12.2. The molecule has 0 spiro atoms. The Bertz CT molecular complexity index is 952. The number of hydrogen-bond donors (Lipinski definition) is 1. The van der Waals surface area contributed by atoms with E-state index in [1.54, 1.807) is 11.3 Å². The van der Waals surface area contributed by atoms with Crippen LogP contribution in [-0.4, -0.2) is 23.5 Å². The van der Waals surface area contributed by atoms with Crippen LogP contribution in [0.4, 0.5) is 0 Å². The summed E-state index contributed by atoms with van der Waals surface area (Å²) in [5, 5.41) is 6.14. The second kappa shape index (κ2) is 8.57. The van der Waals surface area contributed by atoms with Crippen LogP contribution in [-0.2, 0) is 24.1 Å². The molecule has 0 aliphatic carbocycles. The summed E-state index contributed by atoms with van der Waals surface area (Å²) >= 11 is 1.64. The molecule has 1 N–H and O–H groups in total. The molecule has 0 bridgehead atoms. The summed E-state index contributed by atoms with van der Waals surface area (Å²) in [6, 6.07) is 16.4. The van der Waals surface area contributed by atoms with Gasteiger partial charge < -0.3 is 10.1 Å². The van der Waals surface area contributed by atoms with Crippen molar-refractivity contribution in [2.24, 2.45) is 0 Å². The van der Waals surface area contributed by atoms with E-state index in [1.165, 1.54) is 11.1 Å². The van der Waals surface area contributed by atoms with Gasteiger partial charge in [-0.05, 0) is 30.5 Å². The van der Waals surface area contributed by atoms with Crippen LogP contribution >= 0.6 is 11.3 Å². The van der Waals surface area contributed by atoms with Gasteiger partial charge in [-0.3, -0.25) is 4.79 Å². The molecule has 1 aliphatic heterocycles. The van der Waals surface area contributed by atoms with Gasteiger partial charge in [0.15, 0.2) is 0 Å². The molecule has 28 heavy (non-hydrogen) atoms. The number of nitrogens with one attached hydrogen (secondary N) is 1. The van der Waals surface area contributed by atoms with Crippen molar-refractivity contribution in [3.05, 3.63) is 70.0 Å². The van der Waals surface area contributed by atoms with E-state index in [0.717, 1.165) is 41.3 Å². The average Bonchev–Trinajstić information content (AvgIpc) is 3.32. The highest BCUT2D eigenvalue weighted by Crippen LogP contribution is 2.29. The summed E-state index contributed by atoms with van der Waals surface area (Å²) in [7, 11) is 0. The lowest BCUT2D eigenvalue weighted by atomic mass is 10.0. The molecule has 1 aromatic heterocycles. The first-order chi connectivity index (χ1) is 13.7. The summed E-state index contributed by atoms with van der Waals surface area (Å²) in [4.78, 5) is 16.8. The number of hydrogen-bond acceptors (Lipinski definition) is 4. The monoisotopic (exact) mass is 392 g/mol. The molecule has 0 fully saturated rings. The van der Waals surface area contributed by atoms with Gasteiger partial charge in [0, 0.05) is 36.8 Å². The molecular weight excluding hydrogens is 368 g/mol. The number of thiazole rings is 1. The molecule has 3 aromatic rings. The molecule has 2 aromatic carbocycles. The van der Waals surface area contributed by atoms with Crippen LogP contribution in [0.1, 0.15) is 29.5 Å². The Morgan fingerprint density at radius 3 is 2.93 bits per heavy atom. The van der Waals surface area contributed by atoms with Crippen molar-refractivity contribution in [3.8, 4) is 17.0 Å². The Kier molecular flexibility index (Phi) is 5.72. The molecule has 4 nitrogen and oxygen atoms in total. The van der Waals surface area contributed by atoms with Crippen LogP contribution in [0.5, 0.6) is 5.75 Å². The minimum absolute atomic E-state index is 0.0879. The van der Waals surface area contributed by atoms with Crippen molar-refractivity contribution in [2.75, 3.05) is 6.54 Å². The summed E-state index contributed by atoms with van der Waals surface area (Å²) in [5.74, 6) is 1.07. The largest absolute Gasteiger partial charge is 0.490 e. The smallest absolute Gasteiger partial charge is 0.220 e. The van der Waals surface area contributed by atoms with Crippen molar-refractivity contribution in [3.63, 3.8) is 0 Å². The molecule has 5 heteroatoms. The predicted molar refractivity (Wildman–Crippen MR) is 113 cm³/mol. The van der Waals surface area contributed by atoms with Crippen LogP contribution in [0.2, 0.25) is 0 Å². The van der Waals surface area contributed by atoms with Gasteiger partial charge in [0.05, 0.1) is 10.7 Å². The van der Waals surface area contributed by atoms with E-state index in [-0.39, 0.29) is 12.0 Å². The van der Waals surface area contributed by atoms with E-state index in [9.17, 15) is 4.79 Å². The zero-order valence-corrected chi connectivity index (χ0v) is 16.8. The lowest BCUT2D eigenvalue weighted by Crippen LogP contribution is -2.25. The lowest BCUT2D eigenvalue weighted by molar-refractivity contribution is -0.121. The Balaban J connectivity index is 1.21. The molecule has 1 amide bonds. The average molecular weight is 393 g/mol. The van der Waals surface area contributed by atoms with Crippen molar-refractivity contribution >= 4 is 17.2 Å². The number of carbonyl (C=O) groups is 1. The normalized spacial score (nSPS) is 15.1. The number of benzene rings is 2. The van der Waals surface area contributed by atoms with Gasteiger partial charge in [-0.25, -0.2) is 4.98 Å². The van der Waals surface area contributed by atoms with Gasteiger partial charge in [0.25, 0.3) is 0 Å². The number of rotatable bonds is 7. The zero-order chi connectivity index (χ0) is 19.3. The second-order valence-electron chi connectivity index (χ2n) is 7.17. The molecule has 0 saturated heterocycles. The highest BCUT2D eigenvalue weighted by atomic mass is 32.1. The number of carbonyl (C=O) groups excluding carboxylic acids is 1. The van der Waals surface area contributed by atoms with E-state index in [1.807, 2.05) is 24.3 Å². The highest BCUT2D eigenvalue weighted by molar-refractivity contribution is 7.09. The third-order valence-electron chi connectivity index (χ3n) is 4.88. The SMILES string of the molecule is C[C@@H]1Cc2cc(CCC(=O)NCCc3nc(-c4ccccc4)cs3)ccc2O1. The molecule has 1 aliphatic rings. The minimum atomic E-state index is 0.0879. The van der Waals surface area contributed by atoms with Crippen molar-refractivity contribution in [1.82, 2.24) is 10.3 Å². The van der Waals surface area contributed by atoms with Crippen LogP contribution in [0, 0.1) is 0 Å². The zero-order valence-electron chi connectivity index (χ0n) is 16.0. The number of aryl methyl sites for hydroxylation is 1. The van der Waals surface area contributed by atoms with E-state index in [4.69, 9.17) is 4.74 Å². The van der Waals surface area contributed by atoms with E-state index in [0.29, 0.717) is 13.0 Å². The fourth-order valence-corrected chi connectivity index (χ4v) is 4.26. The van der Waals surface area contributed by atoms with E-state index >= 15 is 0 Å². The number of amides is 1. The number of ether oxygens (including phenoxy) is 1. The molecule has 0 unspecified atom stereocenters. The Morgan fingerprint density at radius 2 is 2.07 bits per heavy atom. The molecule has 1 atom stereocenters. The van der Waals surface area contributed by atoms with Crippen molar-refractivity contribution in [1.29, 1.82) is 0 Å².